The average molecular weight is 206 g/mol. The van der Waals surface area contributed by atoms with E-state index < -0.39 is 23.6 Å². The second kappa shape index (κ2) is 4.39. The first kappa shape index (κ1) is 10.9. The Morgan fingerprint density at radius 3 is 2.64 bits per heavy atom. The van der Waals surface area contributed by atoms with E-state index in [-0.39, 0.29) is 12.3 Å². The molecule has 2 N–H and O–H groups in total. The molecule has 0 aliphatic heterocycles. The summed E-state index contributed by atoms with van der Waals surface area (Å²) >= 11 is 0. The van der Waals surface area contributed by atoms with E-state index in [0.29, 0.717) is 6.07 Å². The van der Waals surface area contributed by atoms with E-state index in [4.69, 9.17) is 5.73 Å². The van der Waals surface area contributed by atoms with E-state index in [1.807, 2.05) is 0 Å². The van der Waals surface area contributed by atoms with Crippen molar-refractivity contribution in [3.63, 3.8) is 0 Å². The summed E-state index contributed by atoms with van der Waals surface area (Å²) in [5, 5.41) is 0. The minimum atomic E-state index is -1.37. The van der Waals surface area contributed by atoms with Crippen LogP contribution in [-0.2, 0) is 4.74 Å². The Balaban J connectivity index is 3.02. The number of hydrogen-bond donors (Lipinski definition) is 1. The number of rotatable bonds is 3. The molecule has 0 aromatic carbocycles. The minimum absolute atomic E-state index is 0.0189. The summed E-state index contributed by atoms with van der Waals surface area (Å²) in [6.45, 7) is -0.0189. The van der Waals surface area contributed by atoms with Crippen molar-refractivity contribution < 1.29 is 17.9 Å². The molecule has 0 saturated carbocycles. The molecule has 0 unspecified atom stereocenters. The SMILES string of the molecule is COC[C@H](N)c1nc(F)c(F)cc1F. The van der Waals surface area contributed by atoms with Crippen LogP contribution in [0.25, 0.3) is 0 Å². The second-order valence-electron chi connectivity index (χ2n) is 2.69. The molecule has 0 radical (unpaired) electrons. The Kier molecular flexibility index (Phi) is 3.43. The number of nitrogens with two attached hydrogens (primary N) is 1. The molecule has 0 saturated heterocycles. The molecule has 1 aromatic rings. The molecule has 0 amide bonds. The van der Waals surface area contributed by atoms with Gasteiger partial charge in [0.25, 0.3) is 0 Å². The molecule has 1 aromatic heterocycles. The molecule has 1 heterocycles. The third-order valence-corrected chi connectivity index (χ3v) is 1.61. The third-order valence-electron chi connectivity index (χ3n) is 1.61. The minimum Gasteiger partial charge on any atom is -0.383 e. The lowest BCUT2D eigenvalue weighted by molar-refractivity contribution is 0.177. The van der Waals surface area contributed by atoms with Crippen LogP contribution in [0.15, 0.2) is 6.07 Å². The van der Waals surface area contributed by atoms with Gasteiger partial charge in [0.05, 0.1) is 18.3 Å². The molecule has 78 valence electrons. The summed E-state index contributed by atoms with van der Waals surface area (Å²) in [5.41, 5.74) is 5.07. The number of hydrogen-bond acceptors (Lipinski definition) is 3. The molecule has 0 spiro atoms. The Morgan fingerprint density at radius 1 is 1.43 bits per heavy atom. The molecule has 3 nitrogen and oxygen atoms in total. The van der Waals surface area contributed by atoms with Crippen molar-refractivity contribution in [1.82, 2.24) is 4.98 Å². The van der Waals surface area contributed by atoms with Gasteiger partial charge in [-0.1, -0.05) is 0 Å². The summed E-state index contributed by atoms with van der Waals surface area (Å²) < 4.78 is 42.7. The van der Waals surface area contributed by atoms with Gasteiger partial charge in [-0.05, 0) is 0 Å². The van der Waals surface area contributed by atoms with Gasteiger partial charge in [-0.2, -0.15) is 4.39 Å². The van der Waals surface area contributed by atoms with Crippen molar-refractivity contribution in [2.75, 3.05) is 13.7 Å². The average Bonchev–Trinajstić information content (AvgIpc) is 2.11. The zero-order valence-corrected chi connectivity index (χ0v) is 7.43. The normalized spacial score (nSPS) is 12.9. The van der Waals surface area contributed by atoms with Gasteiger partial charge in [-0.15, -0.1) is 0 Å². The van der Waals surface area contributed by atoms with Crippen LogP contribution in [0.1, 0.15) is 11.7 Å². The van der Waals surface area contributed by atoms with Crippen LogP contribution in [0.3, 0.4) is 0 Å². The largest absolute Gasteiger partial charge is 0.383 e. The number of nitrogens with zero attached hydrogens (tertiary/aromatic N) is 1. The molecule has 6 heteroatoms. The smallest absolute Gasteiger partial charge is 0.249 e. The van der Waals surface area contributed by atoms with Gasteiger partial charge in [-0.25, -0.2) is 13.8 Å². The first-order chi connectivity index (χ1) is 6.56. The summed E-state index contributed by atoms with van der Waals surface area (Å²) in [6, 6.07) is -0.497. The van der Waals surface area contributed by atoms with Crippen LogP contribution in [0.5, 0.6) is 0 Å². The highest BCUT2D eigenvalue weighted by Crippen LogP contribution is 2.15. The van der Waals surface area contributed by atoms with Crippen LogP contribution in [0.4, 0.5) is 13.2 Å². The van der Waals surface area contributed by atoms with Crippen LogP contribution in [0, 0.1) is 17.6 Å². The van der Waals surface area contributed by atoms with Gasteiger partial charge in [0.2, 0.25) is 5.95 Å². The van der Waals surface area contributed by atoms with Gasteiger partial charge < -0.3 is 10.5 Å². The molecule has 1 atom stereocenters. The molecular weight excluding hydrogens is 197 g/mol. The van der Waals surface area contributed by atoms with Gasteiger partial charge in [0, 0.05) is 13.2 Å². The highest BCUT2D eigenvalue weighted by molar-refractivity contribution is 5.13. The highest BCUT2D eigenvalue weighted by atomic mass is 19.2. The summed E-state index contributed by atoms with van der Waals surface area (Å²) in [7, 11) is 1.36. The quantitative estimate of drug-likeness (QED) is 0.754. The molecule has 1 rings (SSSR count). The monoisotopic (exact) mass is 206 g/mol. The summed E-state index contributed by atoms with van der Waals surface area (Å²) in [5.74, 6) is -3.68. The molecule has 0 fully saturated rings. The van der Waals surface area contributed by atoms with E-state index >= 15 is 0 Å². The number of ether oxygens (including phenoxy) is 1. The zero-order chi connectivity index (χ0) is 10.7. The Bertz CT molecular complexity index is 333. The van der Waals surface area contributed by atoms with Crippen molar-refractivity contribution in [2.24, 2.45) is 5.73 Å². The zero-order valence-electron chi connectivity index (χ0n) is 7.43. The number of halogens is 3. The van der Waals surface area contributed by atoms with Crippen LogP contribution in [0.2, 0.25) is 0 Å². The molecule has 0 aliphatic carbocycles. The van der Waals surface area contributed by atoms with E-state index in [9.17, 15) is 13.2 Å². The Morgan fingerprint density at radius 2 is 2.07 bits per heavy atom. The van der Waals surface area contributed by atoms with Gasteiger partial charge in [-0.3, -0.25) is 0 Å². The maximum absolute atomic E-state index is 13.0. The van der Waals surface area contributed by atoms with Crippen molar-refractivity contribution in [3.05, 3.63) is 29.3 Å². The first-order valence-electron chi connectivity index (χ1n) is 3.82. The molecule has 0 bridgehead atoms. The third kappa shape index (κ3) is 2.21. The molecule has 14 heavy (non-hydrogen) atoms. The molecule has 0 aliphatic rings. The van der Waals surface area contributed by atoms with Crippen molar-refractivity contribution in [2.45, 2.75) is 6.04 Å². The Labute approximate surface area is 78.7 Å². The predicted molar refractivity (Wildman–Crippen MR) is 42.9 cm³/mol. The van der Waals surface area contributed by atoms with Gasteiger partial charge in [0.1, 0.15) is 5.82 Å². The number of aromatic nitrogens is 1. The fraction of sp³-hybridized carbons (Fsp3) is 0.375. The number of pyridine rings is 1. The maximum atomic E-state index is 13.0. The molecular formula is C8H9F3N2O. The number of methoxy groups -OCH3 is 1. The Hall–Kier alpha value is -1.14. The maximum Gasteiger partial charge on any atom is 0.249 e. The lowest BCUT2D eigenvalue weighted by Gasteiger charge is -2.10. The van der Waals surface area contributed by atoms with Gasteiger partial charge in [0.15, 0.2) is 5.82 Å². The second-order valence-corrected chi connectivity index (χ2v) is 2.69. The summed E-state index contributed by atoms with van der Waals surface area (Å²) in [6.07, 6.45) is 0. The standard InChI is InChI=1S/C8H9F3N2O/c1-14-3-6(12)7-4(9)2-5(10)8(11)13-7/h2,6H,3,12H2,1H3/t6-/m0/s1. The topological polar surface area (TPSA) is 48.1 Å². The fourth-order valence-electron chi connectivity index (χ4n) is 0.976. The predicted octanol–water partition coefficient (Wildman–Crippen LogP) is 1.15. The lowest BCUT2D eigenvalue weighted by Crippen LogP contribution is -2.20. The van der Waals surface area contributed by atoms with Crippen LogP contribution >= 0.6 is 0 Å². The van der Waals surface area contributed by atoms with Crippen LogP contribution < -0.4 is 5.73 Å². The van der Waals surface area contributed by atoms with Crippen molar-refractivity contribution >= 4 is 0 Å². The summed E-state index contributed by atoms with van der Waals surface area (Å²) in [4.78, 5) is 3.07. The highest BCUT2D eigenvalue weighted by Gasteiger charge is 2.17. The lowest BCUT2D eigenvalue weighted by atomic mass is 10.2. The van der Waals surface area contributed by atoms with Crippen molar-refractivity contribution in [1.29, 1.82) is 0 Å². The van der Waals surface area contributed by atoms with E-state index in [2.05, 4.69) is 9.72 Å². The first-order valence-corrected chi connectivity index (χ1v) is 3.82. The van der Waals surface area contributed by atoms with E-state index in [0.717, 1.165) is 0 Å². The fourth-order valence-corrected chi connectivity index (χ4v) is 0.976. The van der Waals surface area contributed by atoms with Crippen molar-refractivity contribution in [3.8, 4) is 0 Å². The van der Waals surface area contributed by atoms with Crippen LogP contribution in [-0.4, -0.2) is 18.7 Å². The van der Waals surface area contributed by atoms with E-state index in [1.54, 1.807) is 0 Å². The van der Waals surface area contributed by atoms with E-state index in [1.165, 1.54) is 7.11 Å². The van der Waals surface area contributed by atoms with Gasteiger partial charge >= 0.3 is 0 Å².